The molecule has 0 unspecified atom stereocenters. The number of aromatic nitrogens is 2. The molecule has 1 fully saturated rings. The van der Waals surface area contributed by atoms with E-state index in [0.29, 0.717) is 0 Å². The van der Waals surface area contributed by atoms with E-state index in [1.54, 1.807) is 0 Å². The van der Waals surface area contributed by atoms with Crippen LogP contribution >= 0.6 is 0 Å². The predicted molar refractivity (Wildman–Crippen MR) is 67.0 cm³/mol. The highest BCUT2D eigenvalue weighted by Gasteiger charge is 2.15. The topological polar surface area (TPSA) is 68.2 Å². The molecule has 2 heterocycles. The van der Waals surface area contributed by atoms with Crippen molar-refractivity contribution in [2.75, 3.05) is 24.5 Å². The number of hydrogen-bond donors (Lipinski definition) is 1. The van der Waals surface area contributed by atoms with E-state index in [1.807, 2.05) is 0 Å². The fourth-order valence-corrected chi connectivity index (χ4v) is 2.17. The summed E-state index contributed by atoms with van der Waals surface area (Å²) in [6.45, 7) is 2.84. The lowest BCUT2D eigenvalue weighted by atomic mass is 10.2. The maximum atomic E-state index is 5.46. The average molecular weight is 238 g/mol. The molecule has 0 spiro atoms. The van der Waals surface area contributed by atoms with Gasteiger partial charge >= 0.3 is 0 Å². The van der Waals surface area contributed by atoms with Gasteiger partial charge in [0.1, 0.15) is 0 Å². The van der Waals surface area contributed by atoms with Gasteiger partial charge in [0, 0.05) is 19.5 Å². The van der Waals surface area contributed by atoms with Crippen LogP contribution in [0.2, 0.25) is 0 Å². The minimum absolute atomic E-state index is 0.729. The zero-order valence-corrected chi connectivity index (χ0v) is 10.4. The van der Waals surface area contributed by atoms with Gasteiger partial charge in [-0.15, -0.1) is 0 Å². The number of anilines is 1. The molecule has 0 bridgehead atoms. The lowest BCUT2D eigenvalue weighted by Gasteiger charge is -2.16. The molecule has 17 heavy (non-hydrogen) atoms. The Hall–Kier alpha value is -1.10. The first kappa shape index (κ1) is 12.4. The van der Waals surface area contributed by atoms with Crippen LogP contribution in [0.15, 0.2) is 4.52 Å². The normalized spacial score (nSPS) is 17.1. The van der Waals surface area contributed by atoms with Crippen molar-refractivity contribution in [2.45, 2.75) is 44.9 Å². The predicted octanol–water partition coefficient (Wildman–Crippen LogP) is 1.73. The Labute approximate surface area is 102 Å². The van der Waals surface area contributed by atoms with Crippen LogP contribution in [0.25, 0.3) is 0 Å². The number of aryl methyl sites for hydroxylation is 1. The maximum absolute atomic E-state index is 5.46. The largest absolute Gasteiger partial charge is 0.338 e. The van der Waals surface area contributed by atoms with Crippen molar-refractivity contribution >= 4 is 5.95 Å². The van der Waals surface area contributed by atoms with Gasteiger partial charge in [0.05, 0.1) is 0 Å². The second-order valence-electron chi connectivity index (χ2n) is 4.64. The first-order chi connectivity index (χ1) is 8.40. The average Bonchev–Trinajstić information content (AvgIpc) is 2.64. The standard InChI is InChI=1S/C12H22N4O/c13-8-4-3-7-11-14-12(15-17-11)16-9-5-1-2-6-10-16/h1-10,13H2. The summed E-state index contributed by atoms with van der Waals surface area (Å²) in [5.74, 6) is 1.52. The molecule has 1 aliphatic rings. The lowest BCUT2D eigenvalue weighted by molar-refractivity contribution is 0.373. The molecule has 2 rings (SSSR count). The fourth-order valence-electron chi connectivity index (χ4n) is 2.17. The summed E-state index contributed by atoms with van der Waals surface area (Å²) in [6, 6.07) is 0. The van der Waals surface area contributed by atoms with E-state index in [2.05, 4.69) is 15.0 Å². The highest BCUT2D eigenvalue weighted by Crippen LogP contribution is 2.16. The van der Waals surface area contributed by atoms with Crippen LogP contribution in [-0.4, -0.2) is 29.8 Å². The summed E-state index contributed by atoms with van der Waals surface area (Å²) in [7, 11) is 0. The third-order valence-electron chi connectivity index (χ3n) is 3.19. The van der Waals surface area contributed by atoms with Crippen molar-refractivity contribution in [2.24, 2.45) is 5.73 Å². The summed E-state index contributed by atoms with van der Waals surface area (Å²) < 4.78 is 5.26. The number of rotatable bonds is 5. The summed E-state index contributed by atoms with van der Waals surface area (Å²) in [5, 5.41) is 4.07. The van der Waals surface area contributed by atoms with Crippen molar-refractivity contribution in [3.8, 4) is 0 Å². The van der Waals surface area contributed by atoms with E-state index >= 15 is 0 Å². The first-order valence-electron chi connectivity index (χ1n) is 6.68. The van der Waals surface area contributed by atoms with E-state index in [-0.39, 0.29) is 0 Å². The summed E-state index contributed by atoms with van der Waals surface area (Å²) in [4.78, 5) is 6.69. The van der Waals surface area contributed by atoms with E-state index in [4.69, 9.17) is 10.3 Å². The van der Waals surface area contributed by atoms with Crippen molar-refractivity contribution in [3.05, 3.63) is 5.89 Å². The molecule has 0 saturated carbocycles. The zero-order valence-electron chi connectivity index (χ0n) is 10.4. The first-order valence-corrected chi connectivity index (χ1v) is 6.68. The summed E-state index contributed by atoms with van der Waals surface area (Å²) >= 11 is 0. The quantitative estimate of drug-likeness (QED) is 0.791. The molecule has 0 radical (unpaired) electrons. The van der Waals surface area contributed by atoms with Crippen LogP contribution in [0.1, 0.15) is 44.4 Å². The van der Waals surface area contributed by atoms with Crippen molar-refractivity contribution < 1.29 is 4.52 Å². The molecule has 5 nitrogen and oxygen atoms in total. The minimum Gasteiger partial charge on any atom is -0.338 e. The number of nitrogens with two attached hydrogens (primary N) is 1. The van der Waals surface area contributed by atoms with Crippen LogP contribution < -0.4 is 10.6 Å². The van der Waals surface area contributed by atoms with Gasteiger partial charge in [-0.25, -0.2) is 0 Å². The van der Waals surface area contributed by atoms with Crippen LogP contribution in [0.4, 0.5) is 5.95 Å². The molecule has 1 aromatic heterocycles. The van der Waals surface area contributed by atoms with Gasteiger partial charge in [-0.1, -0.05) is 12.8 Å². The SMILES string of the molecule is NCCCCc1nc(N2CCCCCC2)no1. The maximum Gasteiger partial charge on any atom is 0.266 e. The molecule has 0 aromatic carbocycles. The van der Waals surface area contributed by atoms with E-state index in [1.165, 1.54) is 25.7 Å². The Balaban J connectivity index is 1.87. The Kier molecular flexibility index (Phi) is 4.79. The Bertz CT molecular complexity index is 318. The van der Waals surface area contributed by atoms with Gasteiger partial charge in [-0.05, 0) is 37.4 Å². The molecule has 0 amide bonds. The Morgan fingerprint density at radius 2 is 1.88 bits per heavy atom. The van der Waals surface area contributed by atoms with Crippen LogP contribution in [0, 0.1) is 0 Å². The van der Waals surface area contributed by atoms with E-state index < -0.39 is 0 Å². The molecule has 2 N–H and O–H groups in total. The van der Waals surface area contributed by atoms with Crippen LogP contribution in [-0.2, 0) is 6.42 Å². The van der Waals surface area contributed by atoms with E-state index in [9.17, 15) is 0 Å². The van der Waals surface area contributed by atoms with Crippen molar-refractivity contribution in [1.82, 2.24) is 10.1 Å². The van der Waals surface area contributed by atoms with Crippen molar-refractivity contribution in [1.29, 1.82) is 0 Å². The smallest absolute Gasteiger partial charge is 0.266 e. The Morgan fingerprint density at radius 1 is 1.12 bits per heavy atom. The highest BCUT2D eigenvalue weighted by molar-refractivity contribution is 5.27. The molecule has 1 aliphatic heterocycles. The molecule has 1 saturated heterocycles. The molecule has 0 aliphatic carbocycles. The highest BCUT2D eigenvalue weighted by atomic mass is 16.5. The number of hydrogen-bond acceptors (Lipinski definition) is 5. The number of unbranched alkanes of at least 4 members (excludes halogenated alkanes) is 1. The molecular weight excluding hydrogens is 216 g/mol. The third kappa shape index (κ3) is 3.70. The zero-order chi connectivity index (χ0) is 11.9. The van der Waals surface area contributed by atoms with Gasteiger partial charge in [-0.3, -0.25) is 0 Å². The van der Waals surface area contributed by atoms with E-state index in [0.717, 1.165) is 50.7 Å². The van der Waals surface area contributed by atoms with Gasteiger partial charge in [0.25, 0.3) is 5.95 Å². The second kappa shape index (κ2) is 6.59. The van der Waals surface area contributed by atoms with Crippen molar-refractivity contribution in [3.63, 3.8) is 0 Å². The molecule has 5 heteroatoms. The minimum atomic E-state index is 0.729. The van der Waals surface area contributed by atoms with Gasteiger partial charge in [0.15, 0.2) is 0 Å². The third-order valence-corrected chi connectivity index (χ3v) is 3.19. The van der Waals surface area contributed by atoms with Crippen LogP contribution in [0.3, 0.4) is 0 Å². The number of nitrogens with zero attached hydrogens (tertiary/aromatic N) is 3. The summed E-state index contributed by atoms with van der Waals surface area (Å²) in [5.41, 5.74) is 5.46. The second-order valence-corrected chi connectivity index (χ2v) is 4.64. The molecular formula is C12H22N4O. The molecule has 96 valence electrons. The molecule has 0 atom stereocenters. The van der Waals surface area contributed by atoms with Crippen LogP contribution in [0.5, 0.6) is 0 Å². The van der Waals surface area contributed by atoms with Gasteiger partial charge in [-0.2, -0.15) is 4.98 Å². The van der Waals surface area contributed by atoms with Gasteiger partial charge < -0.3 is 15.2 Å². The fraction of sp³-hybridized carbons (Fsp3) is 0.833. The van der Waals surface area contributed by atoms with Gasteiger partial charge in [0.2, 0.25) is 5.89 Å². The molecule has 1 aromatic rings. The summed E-state index contributed by atoms with van der Waals surface area (Å²) in [6.07, 6.45) is 7.99. The monoisotopic (exact) mass is 238 g/mol. The lowest BCUT2D eigenvalue weighted by Crippen LogP contribution is -2.24. The Morgan fingerprint density at radius 3 is 2.59 bits per heavy atom.